The fourth-order valence-electron chi connectivity index (χ4n) is 1.89. The maximum Gasteiger partial charge on any atom is 0.315 e. The van der Waals surface area contributed by atoms with Gasteiger partial charge in [-0.05, 0) is 24.0 Å². The maximum absolute atomic E-state index is 11.2. The molecule has 20 heavy (non-hydrogen) atoms. The molecule has 0 saturated heterocycles. The molecule has 112 valence electrons. The van der Waals surface area contributed by atoms with Crippen LogP contribution in [0, 0.1) is 15.5 Å². The Morgan fingerprint density at radius 2 is 2.00 bits per heavy atom. The van der Waals surface area contributed by atoms with E-state index in [1.807, 2.05) is 0 Å². The van der Waals surface area contributed by atoms with E-state index < -0.39 is 0 Å². The van der Waals surface area contributed by atoms with E-state index in [1.54, 1.807) is 32.4 Å². The van der Waals surface area contributed by atoms with E-state index in [9.17, 15) is 10.1 Å². The van der Waals surface area contributed by atoms with Gasteiger partial charge in [0, 0.05) is 27.3 Å². The van der Waals surface area contributed by atoms with Crippen molar-refractivity contribution in [3.63, 3.8) is 0 Å². The number of benzene rings is 1. The Labute approximate surface area is 119 Å². The molecule has 0 aromatic heterocycles. The number of rotatable bonds is 8. The molecule has 6 nitrogen and oxygen atoms in total. The van der Waals surface area contributed by atoms with Gasteiger partial charge >= 0.3 is 5.69 Å². The first-order valence-electron chi connectivity index (χ1n) is 6.59. The van der Waals surface area contributed by atoms with Gasteiger partial charge in [-0.1, -0.05) is 19.9 Å². The molecule has 0 spiro atoms. The van der Waals surface area contributed by atoms with Crippen molar-refractivity contribution in [2.24, 2.45) is 5.41 Å². The third-order valence-corrected chi connectivity index (χ3v) is 3.23. The van der Waals surface area contributed by atoms with Gasteiger partial charge in [-0.15, -0.1) is 0 Å². The van der Waals surface area contributed by atoms with Crippen molar-refractivity contribution in [2.45, 2.75) is 20.3 Å². The molecule has 1 rings (SSSR count). The molecule has 0 fully saturated rings. The number of hydrogen-bond donors (Lipinski definition) is 2. The number of methoxy groups -OCH3 is 1. The summed E-state index contributed by atoms with van der Waals surface area (Å²) in [4.78, 5) is 10.8. The summed E-state index contributed by atoms with van der Waals surface area (Å²) < 4.78 is 5.08. The van der Waals surface area contributed by atoms with Crippen LogP contribution in [0.15, 0.2) is 18.2 Å². The van der Waals surface area contributed by atoms with Gasteiger partial charge in [-0.2, -0.15) is 0 Å². The van der Waals surface area contributed by atoms with Gasteiger partial charge in [-0.25, -0.2) is 0 Å². The van der Waals surface area contributed by atoms with Crippen molar-refractivity contribution < 1.29 is 9.66 Å². The molecular formula is C14H23N3O3. The SMILES string of the molecule is CNc1cccc(NCC(C)(C)CCOC)c1[N+](=O)[O-]. The number of nitrogens with zero attached hydrogens (tertiary/aromatic N) is 1. The number of hydrogen-bond acceptors (Lipinski definition) is 5. The molecule has 0 aliphatic rings. The van der Waals surface area contributed by atoms with Crippen LogP contribution in [-0.2, 0) is 4.74 Å². The summed E-state index contributed by atoms with van der Waals surface area (Å²) in [6, 6.07) is 5.22. The number of anilines is 2. The lowest BCUT2D eigenvalue weighted by Gasteiger charge is -2.25. The molecule has 1 aromatic rings. The number of nitrogens with one attached hydrogen (secondary N) is 2. The zero-order valence-corrected chi connectivity index (χ0v) is 12.5. The van der Waals surface area contributed by atoms with Gasteiger partial charge in [0.1, 0.15) is 11.4 Å². The average molecular weight is 281 g/mol. The van der Waals surface area contributed by atoms with Crippen LogP contribution in [-0.4, -0.2) is 32.2 Å². The molecular weight excluding hydrogens is 258 g/mol. The van der Waals surface area contributed by atoms with E-state index in [1.165, 1.54) is 0 Å². The van der Waals surface area contributed by atoms with E-state index in [4.69, 9.17) is 4.74 Å². The topological polar surface area (TPSA) is 76.4 Å². The van der Waals surface area contributed by atoms with Crippen LogP contribution >= 0.6 is 0 Å². The van der Waals surface area contributed by atoms with Gasteiger partial charge < -0.3 is 15.4 Å². The van der Waals surface area contributed by atoms with Crippen molar-refractivity contribution in [1.29, 1.82) is 0 Å². The van der Waals surface area contributed by atoms with Gasteiger partial charge in [0.05, 0.1) is 4.92 Å². The number of para-hydroxylation sites is 1. The molecule has 0 atom stereocenters. The van der Waals surface area contributed by atoms with E-state index >= 15 is 0 Å². The van der Waals surface area contributed by atoms with E-state index in [0.717, 1.165) is 6.42 Å². The van der Waals surface area contributed by atoms with Crippen LogP contribution in [0.3, 0.4) is 0 Å². The van der Waals surface area contributed by atoms with E-state index in [-0.39, 0.29) is 16.0 Å². The third kappa shape index (κ3) is 4.38. The molecule has 6 heteroatoms. The fraction of sp³-hybridized carbons (Fsp3) is 0.571. The summed E-state index contributed by atoms with van der Waals surface area (Å²) in [6.45, 7) is 5.53. The highest BCUT2D eigenvalue weighted by atomic mass is 16.6. The standard InChI is InChI=1S/C14H23N3O3/c1-14(2,8-9-20-4)10-16-12-7-5-6-11(15-3)13(12)17(18)19/h5-7,15-16H,8-10H2,1-4H3. The van der Waals surface area contributed by atoms with E-state index in [0.29, 0.717) is 24.5 Å². The van der Waals surface area contributed by atoms with Crippen molar-refractivity contribution in [2.75, 3.05) is 37.9 Å². The first kappa shape index (κ1) is 16.2. The Morgan fingerprint density at radius 3 is 2.55 bits per heavy atom. The van der Waals surface area contributed by atoms with Crippen molar-refractivity contribution in [3.8, 4) is 0 Å². The summed E-state index contributed by atoms with van der Waals surface area (Å²) in [5.41, 5.74) is 1.12. The summed E-state index contributed by atoms with van der Waals surface area (Å²) in [5, 5.41) is 17.2. The number of ether oxygens (including phenoxy) is 1. The van der Waals surface area contributed by atoms with Crippen molar-refractivity contribution >= 4 is 17.1 Å². The first-order chi connectivity index (χ1) is 9.41. The predicted molar refractivity (Wildman–Crippen MR) is 81.4 cm³/mol. The summed E-state index contributed by atoms with van der Waals surface area (Å²) in [6.07, 6.45) is 0.885. The molecule has 0 unspecified atom stereocenters. The lowest BCUT2D eigenvalue weighted by Crippen LogP contribution is -2.25. The fourth-order valence-corrected chi connectivity index (χ4v) is 1.89. The monoisotopic (exact) mass is 281 g/mol. The Kier molecular flexibility index (Phi) is 5.76. The van der Waals surface area contributed by atoms with Crippen LogP contribution < -0.4 is 10.6 Å². The summed E-state index contributed by atoms with van der Waals surface area (Å²) in [7, 11) is 3.35. The summed E-state index contributed by atoms with van der Waals surface area (Å²) in [5.74, 6) is 0. The molecule has 0 saturated carbocycles. The molecule has 0 radical (unpaired) electrons. The lowest BCUT2D eigenvalue weighted by atomic mass is 9.89. The average Bonchev–Trinajstić information content (AvgIpc) is 2.42. The molecule has 0 amide bonds. The van der Waals surface area contributed by atoms with Gasteiger partial charge in [0.25, 0.3) is 0 Å². The largest absolute Gasteiger partial charge is 0.385 e. The first-order valence-corrected chi connectivity index (χ1v) is 6.59. The second-order valence-corrected chi connectivity index (χ2v) is 5.47. The van der Waals surface area contributed by atoms with Crippen LogP contribution in [0.25, 0.3) is 0 Å². The van der Waals surface area contributed by atoms with E-state index in [2.05, 4.69) is 24.5 Å². The second-order valence-electron chi connectivity index (χ2n) is 5.47. The van der Waals surface area contributed by atoms with Gasteiger partial charge in [0.15, 0.2) is 0 Å². The van der Waals surface area contributed by atoms with Crippen molar-refractivity contribution in [3.05, 3.63) is 28.3 Å². The molecule has 1 aromatic carbocycles. The lowest BCUT2D eigenvalue weighted by molar-refractivity contribution is -0.383. The molecule has 0 aliphatic heterocycles. The summed E-state index contributed by atoms with van der Waals surface area (Å²) >= 11 is 0. The van der Waals surface area contributed by atoms with Crippen LogP contribution in [0.1, 0.15) is 20.3 Å². The Morgan fingerprint density at radius 1 is 1.35 bits per heavy atom. The second kappa shape index (κ2) is 7.09. The minimum Gasteiger partial charge on any atom is -0.385 e. The zero-order valence-electron chi connectivity index (χ0n) is 12.5. The zero-order chi connectivity index (χ0) is 15.2. The Hall–Kier alpha value is -1.82. The highest BCUT2D eigenvalue weighted by Gasteiger charge is 2.22. The molecule has 0 heterocycles. The van der Waals surface area contributed by atoms with Crippen LogP contribution in [0.5, 0.6) is 0 Å². The van der Waals surface area contributed by atoms with Gasteiger partial charge in [0.2, 0.25) is 0 Å². The third-order valence-electron chi connectivity index (χ3n) is 3.23. The smallest absolute Gasteiger partial charge is 0.315 e. The van der Waals surface area contributed by atoms with Crippen LogP contribution in [0.4, 0.5) is 17.1 Å². The predicted octanol–water partition coefficient (Wildman–Crippen LogP) is 3.11. The number of nitro benzene ring substituents is 1. The quantitative estimate of drug-likeness (QED) is 0.565. The number of nitro groups is 1. The molecule has 2 N–H and O–H groups in total. The van der Waals surface area contributed by atoms with Crippen LogP contribution in [0.2, 0.25) is 0 Å². The Bertz CT molecular complexity index is 461. The highest BCUT2D eigenvalue weighted by molar-refractivity contribution is 5.76. The maximum atomic E-state index is 11.2. The highest BCUT2D eigenvalue weighted by Crippen LogP contribution is 2.33. The minimum atomic E-state index is -0.365. The van der Waals surface area contributed by atoms with Crippen molar-refractivity contribution in [1.82, 2.24) is 0 Å². The minimum absolute atomic E-state index is 0.000470. The van der Waals surface area contributed by atoms with Gasteiger partial charge in [-0.3, -0.25) is 10.1 Å². The normalized spacial score (nSPS) is 11.2. The molecule has 0 bridgehead atoms. The molecule has 0 aliphatic carbocycles. The Balaban J connectivity index is 2.85.